The highest BCUT2D eigenvalue weighted by atomic mass is 16.1. The van der Waals surface area contributed by atoms with Crippen LogP contribution in [0, 0.1) is 17.3 Å². The Morgan fingerprint density at radius 2 is 1.68 bits per heavy atom. The van der Waals surface area contributed by atoms with Gasteiger partial charge < -0.3 is 5.73 Å². The van der Waals surface area contributed by atoms with Crippen LogP contribution in [0.2, 0.25) is 0 Å². The van der Waals surface area contributed by atoms with Crippen molar-refractivity contribution >= 4 is 5.78 Å². The molecule has 110 valence electrons. The average Bonchev–Trinajstić information content (AvgIpc) is 2.72. The van der Waals surface area contributed by atoms with Crippen molar-refractivity contribution in [1.82, 2.24) is 0 Å². The van der Waals surface area contributed by atoms with Crippen LogP contribution < -0.4 is 5.73 Å². The summed E-state index contributed by atoms with van der Waals surface area (Å²) in [5.41, 5.74) is 5.92. The number of carbonyl (C=O) groups excluding carboxylic acids is 1. The second kappa shape index (κ2) is 6.88. The zero-order valence-corrected chi connectivity index (χ0v) is 12.6. The summed E-state index contributed by atoms with van der Waals surface area (Å²) in [5.74, 6) is 1.50. The molecule has 0 saturated heterocycles. The lowest BCUT2D eigenvalue weighted by molar-refractivity contribution is -0.136. The van der Waals surface area contributed by atoms with E-state index in [9.17, 15) is 4.79 Å². The first-order chi connectivity index (χ1) is 9.23. The molecule has 0 aromatic carbocycles. The van der Waals surface area contributed by atoms with Crippen molar-refractivity contribution in [2.45, 2.75) is 77.6 Å². The number of ketones is 1. The van der Waals surface area contributed by atoms with Gasteiger partial charge in [0.05, 0.1) is 0 Å². The molecule has 0 aromatic rings. The van der Waals surface area contributed by atoms with Gasteiger partial charge in [-0.25, -0.2) is 0 Å². The van der Waals surface area contributed by atoms with Crippen molar-refractivity contribution in [2.75, 3.05) is 6.54 Å². The maximum Gasteiger partial charge on any atom is 0.143 e. The maximum absolute atomic E-state index is 13.1. The standard InChI is InChI=1S/C17H31NO/c1-2-14-9-5-6-10-15(14)16(19)17(13-18)11-7-3-4-8-12-17/h14-15H,2-13,18H2,1H3. The molecule has 2 heteroatoms. The van der Waals surface area contributed by atoms with Crippen molar-refractivity contribution in [3.63, 3.8) is 0 Å². The van der Waals surface area contributed by atoms with Crippen LogP contribution in [0.15, 0.2) is 0 Å². The van der Waals surface area contributed by atoms with Gasteiger partial charge >= 0.3 is 0 Å². The molecule has 0 aliphatic heterocycles. The first kappa shape index (κ1) is 15.0. The number of Topliss-reactive ketones (excluding diaryl/α,β-unsaturated/α-hetero) is 1. The third-order valence-electron chi connectivity index (χ3n) is 5.74. The lowest BCUT2D eigenvalue weighted by Crippen LogP contribution is -2.44. The number of hydrogen-bond acceptors (Lipinski definition) is 2. The van der Waals surface area contributed by atoms with Crippen molar-refractivity contribution in [3.05, 3.63) is 0 Å². The number of nitrogens with two attached hydrogens (primary N) is 1. The molecule has 0 radical (unpaired) electrons. The van der Waals surface area contributed by atoms with Crippen molar-refractivity contribution in [1.29, 1.82) is 0 Å². The summed E-state index contributed by atoms with van der Waals surface area (Å²) >= 11 is 0. The monoisotopic (exact) mass is 265 g/mol. The molecule has 2 N–H and O–H groups in total. The van der Waals surface area contributed by atoms with Gasteiger partial charge in [0.2, 0.25) is 0 Å². The summed E-state index contributed by atoms with van der Waals surface area (Å²) < 4.78 is 0. The molecule has 2 atom stereocenters. The highest BCUT2D eigenvalue weighted by molar-refractivity contribution is 5.87. The highest BCUT2D eigenvalue weighted by Gasteiger charge is 2.43. The minimum Gasteiger partial charge on any atom is -0.329 e. The summed E-state index contributed by atoms with van der Waals surface area (Å²) in [4.78, 5) is 13.1. The summed E-state index contributed by atoms with van der Waals surface area (Å²) in [6.07, 6.45) is 13.2. The SMILES string of the molecule is CCC1CCCCC1C(=O)C1(CN)CCCCCC1. The molecule has 0 spiro atoms. The van der Waals surface area contributed by atoms with Crippen LogP contribution in [0.4, 0.5) is 0 Å². The summed E-state index contributed by atoms with van der Waals surface area (Å²) in [5, 5.41) is 0. The highest BCUT2D eigenvalue weighted by Crippen LogP contribution is 2.42. The Morgan fingerprint density at radius 3 is 2.26 bits per heavy atom. The fraction of sp³-hybridized carbons (Fsp3) is 0.941. The van der Waals surface area contributed by atoms with Crippen LogP contribution >= 0.6 is 0 Å². The van der Waals surface area contributed by atoms with Crippen molar-refractivity contribution in [2.24, 2.45) is 23.0 Å². The minimum absolute atomic E-state index is 0.161. The first-order valence-electron chi connectivity index (χ1n) is 8.48. The summed E-state index contributed by atoms with van der Waals surface area (Å²) in [6.45, 7) is 2.83. The van der Waals surface area contributed by atoms with E-state index in [1.54, 1.807) is 0 Å². The van der Waals surface area contributed by atoms with Gasteiger partial charge in [-0.2, -0.15) is 0 Å². The Balaban J connectivity index is 2.13. The molecule has 2 rings (SSSR count). The topological polar surface area (TPSA) is 43.1 Å². The predicted octanol–water partition coefficient (Wildman–Crippen LogP) is 4.07. The predicted molar refractivity (Wildman–Crippen MR) is 79.9 cm³/mol. The molecule has 2 saturated carbocycles. The number of hydrogen-bond donors (Lipinski definition) is 1. The van der Waals surface area contributed by atoms with E-state index in [4.69, 9.17) is 5.73 Å². The fourth-order valence-electron chi connectivity index (χ4n) is 4.39. The smallest absolute Gasteiger partial charge is 0.143 e. The second-order valence-corrected chi connectivity index (χ2v) is 6.82. The molecule has 2 aliphatic rings. The van der Waals surface area contributed by atoms with Gasteiger partial charge in [-0.3, -0.25) is 4.79 Å². The van der Waals surface area contributed by atoms with Crippen LogP contribution in [0.5, 0.6) is 0 Å². The van der Waals surface area contributed by atoms with E-state index in [0.717, 1.165) is 25.7 Å². The van der Waals surface area contributed by atoms with Crippen LogP contribution in [0.1, 0.15) is 77.6 Å². The molecule has 0 bridgehead atoms. The molecule has 0 aromatic heterocycles. The van der Waals surface area contributed by atoms with Gasteiger partial charge in [-0.1, -0.05) is 51.9 Å². The molecule has 2 unspecified atom stereocenters. The molecule has 19 heavy (non-hydrogen) atoms. The minimum atomic E-state index is -0.161. The molecular formula is C17H31NO. The Kier molecular flexibility index (Phi) is 5.44. The Hall–Kier alpha value is -0.370. The third-order valence-corrected chi connectivity index (χ3v) is 5.74. The average molecular weight is 265 g/mol. The summed E-state index contributed by atoms with van der Waals surface area (Å²) in [7, 11) is 0. The quantitative estimate of drug-likeness (QED) is 0.779. The molecule has 2 fully saturated rings. The molecule has 0 amide bonds. The maximum atomic E-state index is 13.1. The molecule has 2 nitrogen and oxygen atoms in total. The first-order valence-corrected chi connectivity index (χ1v) is 8.48. The summed E-state index contributed by atoms with van der Waals surface area (Å²) in [6, 6.07) is 0. The number of carbonyl (C=O) groups is 1. The van der Waals surface area contributed by atoms with Gasteiger partial charge in [0, 0.05) is 17.9 Å². The van der Waals surface area contributed by atoms with Crippen LogP contribution in [0.3, 0.4) is 0 Å². The van der Waals surface area contributed by atoms with E-state index in [2.05, 4.69) is 6.92 Å². The Morgan fingerprint density at radius 1 is 1.05 bits per heavy atom. The van der Waals surface area contributed by atoms with Crippen LogP contribution in [-0.2, 0) is 4.79 Å². The van der Waals surface area contributed by atoms with Gasteiger partial charge in [0.15, 0.2) is 0 Å². The van der Waals surface area contributed by atoms with E-state index in [-0.39, 0.29) is 5.41 Å². The lowest BCUT2D eigenvalue weighted by atomic mass is 9.65. The van der Waals surface area contributed by atoms with Crippen LogP contribution in [0.25, 0.3) is 0 Å². The zero-order chi connectivity index (χ0) is 13.7. The van der Waals surface area contributed by atoms with Crippen molar-refractivity contribution < 1.29 is 4.79 Å². The third kappa shape index (κ3) is 3.21. The zero-order valence-electron chi connectivity index (χ0n) is 12.6. The number of rotatable bonds is 4. The fourth-order valence-corrected chi connectivity index (χ4v) is 4.39. The van der Waals surface area contributed by atoms with Gasteiger partial charge in [0.1, 0.15) is 5.78 Å². The molecular weight excluding hydrogens is 234 g/mol. The van der Waals surface area contributed by atoms with Gasteiger partial charge in [-0.15, -0.1) is 0 Å². The van der Waals surface area contributed by atoms with E-state index in [0.29, 0.717) is 24.2 Å². The van der Waals surface area contributed by atoms with E-state index in [1.807, 2.05) is 0 Å². The Bertz CT molecular complexity index is 292. The molecule has 2 aliphatic carbocycles. The van der Waals surface area contributed by atoms with Gasteiger partial charge in [0.25, 0.3) is 0 Å². The Labute approximate surface area is 118 Å². The van der Waals surface area contributed by atoms with Crippen LogP contribution in [-0.4, -0.2) is 12.3 Å². The van der Waals surface area contributed by atoms with E-state index < -0.39 is 0 Å². The van der Waals surface area contributed by atoms with E-state index >= 15 is 0 Å². The normalized spacial score (nSPS) is 31.7. The van der Waals surface area contributed by atoms with Crippen molar-refractivity contribution in [3.8, 4) is 0 Å². The molecule has 0 heterocycles. The largest absolute Gasteiger partial charge is 0.329 e. The van der Waals surface area contributed by atoms with Gasteiger partial charge in [-0.05, 0) is 31.6 Å². The second-order valence-electron chi connectivity index (χ2n) is 6.82. The lowest BCUT2D eigenvalue weighted by Gasteiger charge is -2.38. The van der Waals surface area contributed by atoms with E-state index in [1.165, 1.54) is 44.9 Å².